The zero-order valence-corrected chi connectivity index (χ0v) is 15.4. The van der Waals surface area contributed by atoms with E-state index >= 15 is 0 Å². The molecule has 0 saturated heterocycles. The highest BCUT2D eigenvalue weighted by atomic mass is 16.3. The van der Waals surface area contributed by atoms with Crippen molar-refractivity contribution in [1.29, 1.82) is 0 Å². The molecule has 1 N–H and O–H groups in total. The van der Waals surface area contributed by atoms with Gasteiger partial charge in [0.25, 0.3) is 0 Å². The van der Waals surface area contributed by atoms with E-state index in [9.17, 15) is 5.11 Å². The Morgan fingerprint density at radius 1 is 0.955 bits per heavy atom. The van der Waals surface area contributed by atoms with Gasteiger partial charge in [0, 0.05) is 6.54 Å². The summed E-state index contributed by atoms with van der Waals surface area (Å²) in [5.74, 6) is 1.35. The van der Waals surface area contributed by atoms with Gasteiger partial charge in [-0.25, -0.2) is 0 Å². The van der Waals surface area contributed by atoms with Gasteiger partial charge in [0.15, 0.2) is 0 Å². The highest BCUT2D eigenvalue weighted by Gasteiger charge is 2.18. The highest BCUT2D eigenvalue weighted by Crippen LogP contribution is 2.37. The molecule has 0 spiro atoms. The molecule has 1 rings (SSSR count). The minimum absolute atomic E-state index is 0.406. The Bertz CT molecular complexity index is 424. The third-order valence-electron chi connectivity index (χ3n) is 4.91. The summed E-state index contributed by atoms with van der Waals surface area (Å²) < 4.78 is 0. The first-order valence-electron chi connectivity index (χ1n) is 9.06. The third-order valence-corrected chi connectivity index (χ3v) is 4.91. The van der Waals surface area contributed by atoms with E-state index in [1.165, 1.54) is 12.0 Å². The van der Waals surface area contributed by atoms with Gasteiger partial charge in [-0.2, -0.15) is 0 Å². The number of phenols is 1. The molecule has 0 aromatic heterocycles. The van der Waals surface area contributed by atoms with Crippen molar-refractivity contribution in [3.8, 4) is 5.75 Å². The summed E-state index contributed by atoms with van der Waals surface area (Å²) >= 11 is 0. The second-order valence-corrected chi connectivity index (χ2v) is 6.61. The molecule has 2 unspecified atom stereocenters. The molecule has 0 saturated carbocycles. The van der Waals surface area contributed by atoms with Crippen molar-refractivity contribution >= 4 is 0 Å². The van der Waals surface area contributed by atoms with Crippen molar-refractivity contribution in [2.24, 2.45) is 0 Å². The number of nitrogens with zero attached hydrogens (tertiary/aromatic N) is 1. The van der Waals surface area contributed by atoms with Crippen molar-refractivity contribution in [3.63, 3.8) is 0 Å². The van der Waals surface area contributed by atoms with Gasteiger partial charge < -0.3 is 5.11 Å². The summed E-state index contributed by atoms with van der Waals surface area (Å²) in [6.45, 7) is 16.4. The molecule has 0 aliphatic carbocycles. The molecule has 0 aliphatic heterocycles. The molecule has 2 nitrogen and oxygen atoms in total. The fourth-order valence-corrected chi connectivity index (χ4v) is 2.95. The van der Waals surface area contributed by atoms with Gasteiger partial charge in [0.05, 0.1) is 0 Å². The Labute approximate surface area is 137 Å². The molecular formula is C20H35NO. The lowest BCUT2D eigenvalue weighted by Crippen LogP contribution is -2.23. The largest absolute Gasteiger partial charge is 0.507 e. The van der Waals surface area contributed by atoms with Crippen LogP contribution < -0.4 is 0 Å². The number of phenolic OH excluding ortho intramolecular Hbond substituents is 1. The third kappa shape index (κ3) is 4.74. The fraction of sp³-hybridized carbons (Fsp3) is 0.700. The van der Waals surface area contributed by atoms with Crippen molar-refractivity contribution in [2.75, 3.05) is 13.1 Å². The first kappa shape index (κ1) is 19.0. The van der Waals surface area contributed by atoms with Crippen LogP contribution in [0.4, 0.5) is 0 Å². The van der Waals surface area contributed by atoms with Gasteiger partial charge in [0.1, 0.15) is 5.75 Å². The number of hydrogen-bond acceptors (Lipinski definition) is 2. The second-order valence-electron chi connectivity index (χ2n) is 6.61. The molecule has 22 heavy (non-hydrogen) atoms. The van der Waals surface area contributed by atoms with E-state index in [-0.39, 0.29) is 0 Å². The summed E-state index contributed by atoms with van der Waals surface area (Å²) in [7, 11) is 0. The molecule has 1 aromatic carbocycles. The molecule has 0 radical (unpaired) electrons. The van der Waals surface area contributed by atoms with Crippen molar-refractivity contribution in [1.82, 2.24) is 4.90 Å². The molecule has 0 fully saturated rings. The number of rotatable bonds is 9. The minimum atomic E-state index is 0.406. The normalized spacial score (nSPS) is 14.3. The lowest BCUT2D eigenvalue weighted by molar-refractivity contribution is 0.280. The van der Waals surface area contributed by atoms with Gasteiger partial charge in [-0.3, -0.25) is 4.90 Å². The molecule has 2 heteroatoms. The maximum atomic E-state index is 10.7. The van der Waals surface area contributed by atoms with Gasteiger partial charge in [-0.15, -0.1) is 0 Å². The molecular weight excluding hydrogens is 270 g/mol. The van der Waals surface area contributed by atoms with Crippen molar-refractivity contribution in [3.05, 3.63) is 28.8 Å². The second kappa shape index (κ2) is 9.19. The van der Waals surface area contributed by atoms with Crippen LogP contribution in [0.1, 0.15) is 89.3 Å². The van der Waals surface area contributed by atoms with E-state index in [1.54, 1.807) is 0 Å². The molecule has 0 aliphatic rings. The SMILES string of the molecule is CCCN(CC)Cc1cc(C(C)CC)c(O)c(C(C)CC)c1. The van der Waals surface area contributed by atoms with E-state index < -0.39 is 0 Å². The first-order valence-corrected chi connectivity index (χ1v) is 9.06. The molecule has 0 bridgehead atoms. The minimum Gasteiger partial charge on any atom is -0.507 e. The van der Waals surface area contributed by atoms with Gasteiger partial charge in [-0.1, -0.05) is 53.7 Å². The number of hydrogen-bond donors (Lipinski definition) is 1. The molecule has 1 aromatic rings. The van der Waals surface area contributed by atoms with E-state index in [1.807, 2.05) is 0 Å². The predicted octanol–water partition coefficient (Wildman–Crippen LogP) is 5.65. The average molecular weight is 306 g/mol. The van der Waals surface area contributed by atoms with Crippen LogP contribution in [0.2, 0.25) is 0 Å². The zero-order valence-electron chi connectivity index (χ0n) is 15.4. The summed E-state index contributed by atoms with van der Waals surface area (Å²) in [5, 5.41) is 10.7. The number of aromatic hydroxyl groups is 1. The zero-order chi connectivity index (χ0) is 16.7. The molecule has 126 valence electrons. The quantitative estimate of drug-likeness (QED) is 0.637. The lowest BCUT2D eigenvalue weighted by atomic mass is 9.88. The van der Waals surface area contributed by atoms with Crippen LogP contribution in [0.15, 0.2) is 12.1 Å². The van der Waals surface area contributed by atoms with Gasteiger partial charge >= 0.3 is 0 Å². The summed E-state index contributed by atoms with van der Waals surface area (Å²) in [6, 6.07) is 4.46. The smallest absolute Gasteiger partial charge is 0.122 e. The molecule has 2 atom stereocenters. The Morgan fingerprint density at radius 3 is 1.82 bits per heavy atom. The highest BCUT2D eigenvalue weighted by molar-refractivity contribution is 5.47. The van der Waals surface area contributed by atoms with Gasteiger partial charge in [-0.05, 0) is 60.9 Å². The lowest BCUT2D eigenvalue weighted by Gasteiger charge is -2.24. The van der Waals surface area contributed by atoms with E-state index in [0.717, 1.165) is 43.6 Å². The summed E-state index contributed by atoms with van der Waals surface area (Å²) in [4.78, 5) is 2.48. The van der Waals surface area contributed by atoms with E-state index in [4.69, 9.17) is 0 Å². The standard InChI is InChI=1S/C20H35NO/c1-7-11-21(10-4)14-17-12-18(15(5)8-2)20(22)19(13-17)16(6)9-3/h12-13,15-16,22H,7-11,14H2,1-6H3. The summed E-state index contributed by atoms with van der Waals surface area (Å²) in [5.41, 5.74) is 3.60. The Hall–Kier alpha value is -1.02. The van der Waals surface area contributed by atoms with Crippen LogP contribution in [0.5, 0.6) is 5.75 Å². The molecule has 0 amide bonds. The Balaban J connectivity index is 3.21. The monoisotopic (exact) mass is 305 g/mol. The van der Waals surface area contributed by atoms with Crippen LogP contribution in [0, 0.1) is 0 Å². The van der Waals surface area contributed by atoms with Crippen molar-refractivity contribution < 1.29 is 5.11 Å². The Kier molecular flexibility index (Phi) is 7.95. The molecule has 0 heterocycles. The maximum Gasteiger partial charge on any atom is 0.122 e. The number of benzene rings is 1. The Morgan fingerprint density at radius 2 is 1.45 bits per heavy atom. The topological polar surface area (TPSA) is 23.5 Å². The average Bonchev–Trinajstić information content (AvgIpc) is 2.54. The summed E-state index contributed by atoms with van der Waals surface area (Å²) in [6.07, 6.45) is 3.30. The van der Waals surface area contributed by atoms with Crippen LogP contribution in [-0.2, 0) is 6.54 Å². The maximum absolute atomic E-state index is 10.7. The fourth-order valence-electron chi connectivity index (χ4n) is 2.95. The van der Waals surface area contributed by atoms with Crippen molar-refractivity contribution in [2.45, 2.75) is 79.2 Å². The van der Waals surface area contributed by atoms with Crippen LogP contribution >= 0.6 is 0 Å². The first-order chi connectivity index (χ1) is 10.5. The van der Waals surface area contributed by atoms with Crippen LogP contribution in [0.25, 0.3) is 0 Å². The van der Waals surface area contributed by atoms with E-state index in [0.29, 0.717) is 17.6 Å². The van der Waals surface area contributed by atoms with Crippen LogP contribution in [0.3, 0.4) is 0 Å². The van der Waals surface area contributed by atoms with Gasteiger partial charge in [0.2, 0.25) is 0 Å². The van der Waals surface area contributed by atoms with E-state index in [2.05, 4.69) is 58.6 Å². The predicted molar refractivity (Wildman–Crippen MR) is 96.8 cm³/mol. The van der Waals surface area contributed by atoms with Crippen LogP contribution in [-0.4, -0.2) is 23.1 Å².